The summed E-state index contributed by atoms with van der Waals surface area (Å²) in [6.07, 6.45) is 2.90. The fourth-order valence-corrected chi connectivity index (χ4v) is 1.57. The molecule has 0 amide bonds. The van der Waals surface area contributed by atoms with Crippen LogP contribution in [0.2, 0.25) is 0 Å². The predicted octanol–water partition coefficient (Wildman–Crippen LogP) is 2.55. The third kappa shape index (κ3) is 2.94. The number of ether oxygens (including phenoxy) is 2. The van der Waals surface area contributed by atoms with Crippen LogP contribution >= 0.6 is 0 Å². The number of nitrogens with zero attached hydrogens (tertiary/aromatic N) is 1. The number of methoxy groups -OCH3 is 1. The Morgan fingerprint density at radius 1 is 1.40 bits per heavy atom. The van der Waals surface area contributed by atoms with E-state index < -0.39 is 10.9 Å². The van der Waals surface area contributed by atoms with Crippen LogP contribution in [0.4, 0.5) is 5.69 Å². The van der Waals surface area contributed by atoms with Gasteiger partial charge in [0.15, 0.2) is 0 Å². The molecule has 0 aliphatic carbocycles. The van der Waals surface area contributed by atoms with Gasteiger partial charge >= 0.3 is 5.97 Å². The molecule has 0 aliphatic heterocycles. The molecule has 1 aromatic heterocycles. The van der Waals surface area contributed by atoms with E-state index in [2.05, 4.69) is 0 Å². The SMILES string of the molecule is COc1ccc([N+](=O)[O-])cc1C(=O)OCc1ccoc1. The average Bonchev–Trinajstić information content (AvgIpc) is 2.97. The van der Waals surface area contributed by atoms with Gasteiger partial charge in [-0.1, -0.05) is 0 Å². The van der Waals surface area contributed by atoms with Gasteiger partial charge in [-0.2, -0.15) is 0 Å². The molecular weight excluding hydrogens is 266 g/mol. The van der Waals surface area contributed by atoms with Crippen molar-refractivity contribution in [2.45, 2.75) is 6.61 Å². The lowest BCUT2D eigenvalue weighted by molar-refractivity contribution is -0.384. The number of benzene rings is 1. The highest BCUT2D eigenvalue weighted by Crippen LogP contribution is 2.25. The maximum Gasteiger partial charge on any atom is 0.342 e. The number of nitro benzene ring substituents is 1. The second kappa shape index (κ2) is 5.87. The molecule has 0 fully saturated rings. The molecule has 104 valence electrons. The Hall–Kier alpha value is -2.83. The number of nitro groups is 1. The minimum atomic E-state index is -0.702. The van der Waals surface area contributed by atoms with Crippen molar-refractivity contribution in [3.8, 4) is 5.75 Å². The first kappa shape index (κ1) is 13.6. The molecule has 0 saturated carbocycles. The van der Waals surface area contributed by atoms with Crippen LogP contribution in [0.3, 0.4) is 0 Å². The summed E-state index contributed by atoms with van der Waals surface area (Å²) in [6, 6.07) is 5.38. The maximum absolute atomic E-state index is 11.9. The Kier molecular flexibility index (Phi) is 3.99. The molecule has 0 atom stereocenters. The summed E-state index contributed by atoms with van der Waals surface area (Å²) in [5.41, 5.74) is 0.481. The van der Waals surface area contributed by atoms with Crippen molar-refractivity contribution in [2.75, 3.05) is 7.11 Å². The number of hydrogen-bond acceptors (Lipinski definition) is 6. The van der Waals surface area contributed by atoms with Crippen molar-refractivity contribution in [1.29, 1.82) is 0 Å². The predicted molar refractivity (Wildman–Crippen MR) is 67.5 cm³/mol. The molecule has 0 unspecified atom stereocenters. The van der Waals surface area contributed by atoms with Gasteiger partial charge in [0.25, 0.3) is 5.69 Å². The van der Waals surface area contributed by atoms with E-state index in [9.17, 15) is 14.9 Å². The number of carbonyl (C=O) groups excluding carboxylic acids is 1. The first-order valence-electron chi connectivity index (χ1n) is 5.62. The second-order valence-electron chi connectivity index (χ2n) is 3.85. The molecule has 0 aliphatic rings. The van der Waals surface area contributed by atoms with Gasteiger partial charge in [-0.15, -0.1) is 0 Å². The topological polar surface area (TPSA) is 91.8 Å². The van der Waals surface area contributed by atoms with Crippen molar-refractivity contribution in [2.24, 2.45) is 0 Å². The van der Waals surface area contributed by atoms with Crippen molar-refractivity contribution in [3.05, 3.63) is 58.0 Å². The molecule has 0 N–H and O–H groups in total. The van der Waals surface area contributed by atoms with Crippen LogP contribution in [0.1, 0.15) is 15.9 Å². The van der Waals surface area contributed by atoms with Crippen molar-refractivity contribution >= 4 is 11.7 Å². The lowest BCUT2D eigenvalue weighted by atomic mass is 10.2. The molecule has 0 saturated heterocycles. The maximum atomic E-state index is 11.9. The first-order valence-corrected chi connectivity index (χ1v) is 5.62. The Bertz CT molecular complexity index is 620. The van der Waals surface area contributed by atoms with Crippen LogP contribution in [0, 0.1) is 10.1 Å². The van der Waals surface area contributed by atoms with E-state index in [0.717, 1.165) is 6.07 Å². The van der Waals surface area contributed by atoms with Crippen molar-refractivity contribution in [3.63, 3.8) is 0 Å². The van der Waals surface area contributed by atoms with E-state index in [0.29, 0.717) is 5.56 Å². The molecule has 20 heavy (non-hydrogen) atoms. The quantitative estimate of drug-likeness (QED) is 0.473. The molecule has 2 aromatic rings. The van der Waals surface area contributed by atoms with E-state index in [1.165, 1.54) is 31.8 Å². The van der Waals surface area contributed by atoms with Gasteiger partial charge < -0.3 is 13.9 Å². The van der Waals surface area contributed by atoms with Gasteiger partial charge in [0.05, 0.1) is 24.6 Å². The van der Waals surface area contributed by atoms with Crippen LogP contribution in [0.15, 0.2) is 41.2 Å². The van der Waals surface area contributed by atoms with Gasteiger partial charge in [0, 0.05) is 17.7 Å². The molecule has 0 bridgehead atoms. The van der Waals surface area contributed by atoms with Gasteiger partial charge in [0.1, 0.15) is 17.9 Å². The molecule has 0 radical (unpaired) electrons. The molecule has 1 aromatic carbocycles. The standard InChI is InChI=1S/C13H11NO6/c1-18-12-3-2-10(14(16)17)6-11(12)13(15)20-8-9-4-5-19-7-9/h2-7H,8H2,1H3. The summed E-state index contributed by atoms with van der Waals surface area (Å²) in [5.74, 6) is -0.487. The Balaban J connectivity index is 2.18. The van der Waals surface area contributed by atoms with Crippen LogP contribution in [0.5, 0.6) is 5.75 Å². The number of non-ortho nitro benzene ring substituents is 1. The molecule has 0 spiro atoms. The molecule has 1 heterocycles. The Labute approximate surface area is 113 Å². The number of hydrogen-bond donors (Lipinski definition) is 0. The first-order chi connectivity index (χ1) is 9.61. The van der Waals surface area contributed by atoms with Crippen LogP contribution in [-0.4, -0.2) is 18.0 Å². The summed E-state index contributed by atoms with van der Waals surface area (Å²) in [6.45, 7) is 0.0151. The fraction of sp³-hybridized carbons (Fsp3) is 0.154. The van der Waals surface area contributed by atoms with E-state index in [4.69, 9.17) is 13.9 Å². The highest BCUT2D eigenvalue weighted by atomic mass is 16.6. The number of furan rings is 1. The Morgan fingerprint density at radius 2 is 2.20 bits per heavy atom. The minimum absolute atomic E-state index is 0.00481. The van der Waals surface area contributed by atoms with Gasteiger partial charge in [-0.25, -0.2) is 4.79 Å². The average molecular weight is 277 g/mol. The molecule has 7 heteroatoms. The third-order valence-corrected chi connectivity index (χ3v) is 2.56. The monoisotopic (exact) mass is 277 g/mol. The largest absolute Gasteiger partial charge is 0.496 e. The normalized spacial score (nSPS) is 10.1. The lowest BCUT2D eigenvalue weighted by Gasteiger charge is -2.07. The smallest absolute Gasteiger partial charge is 0.342 e. The third-order valence-electron chi connectivity index (χ3n) is 2.56. The summed E-state index contributed by atoms with van der Waals surface area (Å²) in [5, 5.41) is 10.7. The zero-order valence-electron chi connectivity index (χ0n) is 10.6. The van der Waals surface area contributed by atoms with Gasteiger partial charge in [-0.3, -0.25) is 10.1 Å². The van der Waals surface area contributed by atoms with E-state index >= 15 is 0 Å². The molecule has 2 rings (SSSR count). The number of esters is 1. The summed E-state index contributed by atoms with van der Waals surface area (Å²) in [4.78, 5) is 22.1. The second-order valence-corrected chi connectivity index (χ2v) is 3.85. The fourth-order valence-electron chi connectivity index (χ4n) is 1.57. The highest BCUT2D eigenvalue weighted by molar-refractivity contribution is 5.93. The van der Waals surface area contributed by atoms with E-state index in [1.807, 2.05) is 0 Å². The Morgan fingerprint density at radius 3 is 2.80 bits per heavy atom. The zero-order chi connectivity index (χ0) is 14.5. The number of carbonyl (C=O) groups is 1. The molecular formula is C13H11NO6. The highest BCUT2D eigenvalue weighted by Gasteiger charge is 2.18. The number of rotatable bonds is 5. The van der Waals surface area contributed by atoms with E-state index in [1.54, 1.807) is 6.07 Å². The van der Waals surface area contributed by atoms with Crippen LogP contribution in [0.25, 0.3) is 0 Å². The summed E-state index contributed by atoms with van der Waals surface area (Å²) >= 11 is 0. The van der Waals surface area contributed by atoms with Crippen molar-refractivity contribution < 1.29 is 23.6 Å². The summed E-state index contributed by atoms with van der Waals surface area (Å²) in [7, 11) is 1.37. The van der Waals surface area contributed by atoms with E-state index in [-0.39, 0.29) is 23.6 Å². The van der Waals surface area contributed by atoms with Crippen LogP contribution in [-0.2, 0) is 11.3 Å². The van der Waals surface area contributed by atoms with Crippen molar-refractivity contribution in [1.82, 2.24) is 0 Å². The molecule has 7 nitrogen and oxygen atoms in total. The van der Waals surface area contributed by atoms with Crippen LogP contribution < -0.4 is 4.74 Å². The van der Waals surface area contributed by atoms with Gasteiger partial charge in [0.2, 0.25) is 0 Å². The zero-order valence-corrected chi connectivity index (χ0v) is 10.6. The minimum Gasteiger partial charge on any atom is -0.496 e. The summed E-state index contributed by atoms with van der Waals surface area (Å²) < 4.78 is 14.9. The lowest BCUT2D eigenvalue weighted by Crippen LogP contribution is -2.07. The van der Waals surface area contributed by atoms with Gasteiger partial charge in [-0.05, 0) is 12.1 Å².